The lowest BCUT2D eigenvalue weighted by Gasteiger charge is -2.43. The zero-order chi connectivity index (χ0) is 20.9. The first-order valence-electron chi connectivity index (χ1n) is 9.41. The lowest BCUT2D eigenvalue weighted by atomic mass is 9.95. The molecular formula is C20H24O9. The topological polar surface area (TPSA) is 139 Å². The molecule has 0 aliphatic carbocycles. The number of hydrogen-bond donors (Lipinski definition) is 4. The number of benzene rings is 1. The Bertz CT molecular complexity index is 951. The fourth-order valence-electron chi connectivity index (χ4n) is 3.74. The van der Waals surface area contributed by atoms with Crippen molar-refractivity contribution < 1.29 is 39.1 Å². The smallest absolute Gasteiger partial charge is 0.336 e. The summed E-state index contributed by atoms with van der Waals surface area (Å²) in [7, 11) is 0. The molecule has 4 rings (SSSR count). The minimum atomic E-state index is -1.52. The van der Waals surface area contributed by atoms with Crippen LogP contribution in [-0.2, 0) is 15.9 Å². The zero-order valence-corrected chi connectivity index (χ0v) is 16.0. The summed E-state index contributed by atoms with van der Waals surface area (Å²) in [6.07, 6.45) is -6.71. The van der Waals surface area contributed by atoms with Gasteiger partial charge in [-0.05, 0) is 31.5 Å². The monoisotopic (exact) mass is 408 g/mol. The van der Waals surface area contributed by atoms with Gasteiger partial charge in [0.05, 0.1) is 6.61 Å². The van der Waals surface area contributed by atoms with Gasteiger partial charge in [0.15, 0.2) is 6.29 Å². The molecule has 0 spiro atoms. The van der Waals surface area contributed by atoms with Gasteiger partial charge in [-0.25, -0.2) is 4.79 Å². The molecule has 0 bridgehead atoms. The van der Waals surface area contributed by atoms with E-state index in [1.54, 1.807) is 26.0 Å². The molecular weight excluding hydrogens is 384 g/mol. The van der Waals surface area contributed by atoms with Crippen LogP contribution in [-0.4, -0.2) is 69.4 Å². The van der Waals surface area contributed by atoms with Crippen LogP contribution in [0.2, 0.25) is 0 Å². The van der Waals surface area contributed by atoms with Gasteiger partial charge >= 0.3 is 5.63 Å². The Morgan fingerprint density at radius 3 is 2.62 bits per heavy atom. The van der Waals surface area contributed by atoms with E-state index in [0.717, 1.165) is 10.9 Å². The molecule has 0 radical (unpaired) electrons. The highest BCUT2D eigenvalue weighted by molar-refractivity contribution is 5.79. The molecule has 4 N–H and O–H groups in total. The molecule has 9 nitrogen and oxygen atoms in total. The molecule has 29 heavy (non-hydrogen) atoms. The second kappa shape index (κ2) is 7.35. The van der Waals surface area contributed by atoms with Crippen LogP contribution in [0.5, 0.6) is 5.75 Å². The fraction of sp³-hybridized carbons (Fsp3) is 0.550. The van der Waals surface area contributed by atoms with E-state index < -0.39 is 54.6 Å². The van der Waals surface area contributed by atoms with E-state index in [1.807, 2.05) is 6.07 Å². The number of hydrogen-bond acceptors (Lipinski definition) is 9. The van der Waals surface area contributed by atoms with Crippen molar-refractivity contribution in [3.63, 3.8) is 0 Å². The van der Waals surface area contributed by atoms with E-state index in [9.17, 15) is 25.2 Å². The van der Waals surface area contributed by atoms with Crippen LogP contribution < -0.4 is 10.4 Å². The maximum absolute atomic E-state index is 11.4. The Morgan fingerprint density at radius 1 is 1.14 bits per heavy atom. The van der Waals surface area contributed by atoms with Crippen molar-refractivity contribution in [2.45, 2.75) is 62.7 Å². The second-order valence-corrected chi connectivity index (χ2v) is 7.98. The van der Waals surface area contributed by atoms with E-state index >= 15 is 0 Å². The van der Waals surface area contributed by atoms with Gasteiger partial charge in [-0.3, -0.25) is 0 Å². The van der Waals surface area contributed by atoms with Gasteiger partial charge in [-0.15, -0.1) is 0 Å². The molecule has 1 aromatic heterocycles. The summed E-state index contributed by atoms with van der Waals surface area (Å²) in [5, 5.41) is 40.2. The SMILES string of the molecule is CC(C)(O[C@H]1O[C@@H](CO)[C@H](O)[C@H](O)[C@@H]1O)[C@H]1Cc2cc3ccc(=O)oc3cc2O1. The van der Waals surface area contributed by atoms with Gasteiger partial charge in [0.2, 0.25) is 0 Å². The molecule has 1 saturated heterocycles. The Hall–Kier alpha value is -2.01. The minimum absolute atomic E-state index is 0.421. The molecule has 0 unspecified atom stereocenters. The number of aliphatic hydroxyl groups excluding tert-OH is 4. The maximum Gasteiger partial charge on any atom is 0.336 e. The predicted octanol–water partition coefficient (Wildman–Crippen LogP) is -0.308. The molecule has 2 aliphatic rings. The van der Waals surface area contributed by atoms with Crippen molar-refractivity contribution in [1.82, 2.24) is 0 Å². The van der Waals surface area contributed by atoms with E-state index in [4.69, 9.17) is 18.6 Å². The third-order valence-corrected chi connectivity index (χ3v) is 5.52. The highest BCUT2D eigenvalue weighted by atomic mass is 16.7. The molecule has 3 heterocycles. The molecule has 2 aromatic rings. The van der Waals surface area contributed by atoms with E-state index in [0.29, 0.717) is 17.8 Å². The summed E-state index contributed by atoms with van der Waals surface area (Å²) in [4.78, 5) is 11.4. The Labute approximate surface area is 166 Å². The van der Waals surface area contributed by atoms with E-state index in [2.05, 4.69) is 0 Å². The van der Waals surface area contributed by atoms with Gasteiger partial charge in [-0.1, -0.05) is 0 Å². The largest absolute Gasteiger partial charge is 0.487 e. The molecule has 6 atom stereocenters. The lowest BCUT2D eigenvalue weighted by Crippen LogP contribution is -2.61. The summed E-state index contributed by atoms with van der Waals surface area (Å²) in [6.45, 7) is 2.98. The molecule has 2 aliphatic heterocycles. The van der Waals surface area contributed by atoms with Gasteiger partial charge in [0, 0.05) is 23.9 Å². The van der Waals surface area contributed by atoms with Crippen LogP contribution in [0.1, 0.15) is 19.4 Å². The minimum Gasteiger partial charge on any atom is -0.487 e. The van der Waals surface area contributed by atoms with Crippen LogP contribution >= 0.6 is 0 Å². The first kappa shape index (κ1) is 20.3. The highest BCUT2D eigenvalue weighted by Crippen LogP contribution is 2.38. The molecule has 0 amide bonds. The van der Waals surface area contributed by atoms with Crippen molar-refractivity contribution in [2.24, 2.45) is 0 Å². The average molecular weight is 408 g/mol. The third kappa shape index (κ3) is 3.65. The molecule has 0 saturated carbocycles. The van der Waals surface area contributed by atoms with Crippen molar-refractivity contribution in [3.05, 3.63) is 40.2 Å². The van der Waals surface area contributed by atoms with Crippen LogP contribution in [0, 0.1) is 0 Å². The van der Waals surface area contributed by atoms with E-state index in [1.165, 1.54) is 6.07 Å². The summed E-state index contributed by atoms with van der Waals surface area (Å²) >= 11 is 0. The van der Waals surface area contributed by atoms with Crippen LogP contribution in [0.25, 0.3) is 11.0 Å². The first-order valence-corrected chi connectivity index (χ1v) is 9.41. The molecule has 1 aromatic carbocycles. The van der Waals surface area contributed by atoms with Gasteiger partial charge in [0.25, 0.3) is 0 Å². The second-order valence-electron chi connectivity index (χ2n) is 7.98. The number of fused-ring (bicyclic) bond motifs is 2. The molecule has 9 heteroatoms. The van der Waals surface area contributed by atoms with Crippen LogP contribution in [0.3, 0.4) is 0 Å². The van der Waals surface area contributed by atoms with Gasteiger partial charge < -0.3 is 39.1 Å². The van der Waals surface area contributed by atoms with Gasteiger partial charge in [-0.2, -0.15) is 0 Å². The highest BCUT2D eigenvalue weighted by Gasteiger charge is 2.48. The Morgan fingerprint density at radius 2 is 1.90 bits per heavy atom. The number of aliphatic hydroxyl groups is 4. The maximum atomic E-state index is 11.4. The summed E-state index contributed by atoms with van der Waals surface area (Å²) in [6, 6.07) is 6.59. The Balaban J connectivity index is 1.53. The van der Waals surface area contributed by atoms with Crippen LogP contribution in [0.4, 0.5) is 0 Å². The van der Waals surface area contributed by atoms with Crippen molar-refractivity contribution in [2.75, 3.05) is 6.61 Å². The average Bonchev–Trinajstić information content (AvgIpc) is 3.10. The van der Waals surface area contributed by atoms with Crippen molar-refractivity contribution in [3.8, 4) is 5.75 Å². The number of rotatable bonds is 4. The summed E-state index contributed by atoms with van der Waals surface area (Å²) in [5.41, 5.74) is -0.0654. The first-order chi connectivity index (χ1) is 13.7. The molecule has 158 valence electrons. The quantitative estimate of drug-likeness (QED) is 0.502. The van der Waals surface area contributed by atoms with Gasteiger partial charge in [0.1, 0.15) is 47.5 Å². The summed E-state index contributed by atoms with van der Waals surface area (Å²) in [5.74, 6) is 0.572. The number of ether oxygens (including phenoxy) is 3. The molecule has 1 fully saturated rings. The third-order valence-electron chi connectivity index (χ3n) is 5.52. The van der Waals surface area contributed by atoms with E-state index in [-0.39, 0.29) is 0 Å². The van der Waals surface area contributed by atoms with Crippen LogP contribution in [0.15, 0.2) is 33.5 Å². The zero-order valence-electron chi connectivity index (χ0n) is 16.0. The normalized spacial score (nSPS) is 32.2. The lowest BCUT2D eigenvalue weighted by molar-refractivity contribution is -0.329. The van der Waals surface area contributed by atoms with Crippen molar-refractivity contribution >= 4 is 11.0 Å². The Kier molecular flexibility index (Phi) is 5.14. The fourth-order valence-corrected chi connectivity index (χ4v) is 3.74. The van der Waals surface area contributed by atoms with Crippen molar-refractivity contribution in [1.29, 1.82) is 0 Å². The summed E-state index contributed by atoms with van der Waals surface area (Å²) < 4.78 is 22.6. The standard InChI is InChI=1S/C20H24O9/c1-20(2,29-19-18(25)17(24)16(23)13(8-21)28-19)14-6-10-5-9-3-4-15(22)27-11(9)7-12(10)26-14/h3-5,7,13-14,16-19,21,23-25H,6,8H2,1-2H3/t13-,14+,16-,17-,18-,19+/m0/s1. The predicted molar refractivity (Wildman–Crippen MR) is 99.5 cm³/mol.